The Hall–Kier alpha value is -3.72. The quantitative estimate of drug-likeness (QED) is 0.287. The summed E-state index contributed by atoms with van der Waals surface area (Å²) in [7, 11) is 1.78. The Bertz CT molecular complexity index is 1650. The van der Waals surface area contributed by atoms with Crippen LogP contribution in [-0.2, 0) is 16.1 Å². The van der Waals surface area contributed by atoms with Crippen molar-refractivity contribution in [2.75, 3.05) is 32.0 Å². The first-order chi connectivity index (χ1) is 19.7. The van der Waals surface area contributed by atoms with Crippen LogP contribution in [0.15, 0.2) is 71.7 Å². The van der Waals surface area contributed by atoms with Gasteiger partial charge in [0.15, 0.2) is 0 Å². The number of halogens is 2. The van der Waals surface area contributed by atoms with Gasteiger partial charge in [-0.1, -0.05) is 59.6 Å². The predicted molar refractivity (Wildman–Crippen MR) is 163 cm³/mol. The van der Waals surface area contributed by atoms with E-state index in [0.717, 1.165) is 48.3 Å². The van der Waals surface area contributed by atoms with Crippen molar-refractivity contribution in [2.45, 2.75) is 32.4 Å². The zero-order chi connectivity index (χ0) is 29.1. The number of anilines is 1. The average Bonchev–Trinajstić information content (AvgIpc) is 3.47. The van der Waals surface area contributed by atoms with Crippen molar-refractivity contribution in [2.24, 2.45) is 0 Å². The molecule has 1 aliphatic rings. The van der Waals surface area contributed by atoms with Gasteiger partial charge < -0.3 is 15.1 Å². The van der Waals surface area contributed by atoms with E-state index in [1.54, 1.807) is 24.1 Å². The molecule has 1 aromatic heterocycles. The van der Waals surface area contributed by atoms with E-state index < -0.39 is 0 Å². The van der Waals surface area contributed by atoms with Crippen LogP contribution in [0.2, 0.25) is 10.0 Å². The van der Waals surface area contributed by atoms with Crippen LogP contribution in [0.1, 0.15) is 31.4 Å². The van der Waals surface area contributed by atoms with Gasteiger partial charge in [-0.05, 0) is 66.9 Å². The minimum absolute atomic E-state index is 0.121. The highest BCUT2D eigenvalue weighted by Crippen LogP contribution is 2.29. The predicted octanol–water partition coefficient (Wildman–Crippen LogP) is 5.62. The van der Waals surface area contributed by atoms with Crippen LogP contribution in [0.5, 0.6) is 0 Å². The van der Waals surface area contributed by atoms with Gasteiger partial charge in [0.2, 0.25) is 11.8 Å². The summed E-state index contributed by atoms with van der Waals surface area (Å²) in [4.78, 5) is 46.2. The van der Waals surface area contributed by atoms with Crippen molar-refractivity contribution in [1.29, 1.82) is 0 Å². The monoisotopic (exact) mass is 591 g/mol. The molecule has 1 unspecified atom stereocenters. The molecule has 1 atom stereocenters. The Kier molecular flexibility index (Phi) is 8.73. The second-order valence-corrected chi connectivity index (χ2v) is 11.2. The van der Waals surface area contributed by atoms with Crippen molar-refractivity contribution in [1.82, 2.24) is 19.4 Å². The van der Waals surface area contributed by atoms with Gasteiger partial charge in [-0.3, -0.25) is 19.0 Å². The molecule has 10 heteroatoms. The van der Waals surface area contributed by atoms with E-state index in [-0.39, 0.29) is 35.0 Å². The lowest BCUT2D eigenvalue weighted by Crippen LogP contribution is -2.41. The van der Waals surface area contributed by atoms with Gasteiger partial charge in [0.25, 0.3) is 5.56 Å². The number of nitrogens with one attached hydrogen (secondary N) is 1. The highest BCUT2D eigenvalue weighted by atomic mass is 35.5. The fourth-order valence-electron chi connectivity index (χ4n) is 5.28. The summed E-state index contributed by atoms with van der Waals surface area (Å²) in [5.41, 5.74) is 4.26. The number of carbonyl (C=O) groups is 2. The number of amides is 2. The highest BCUT2D eigenvalue weighted by molar-refractivity contribution is 6.42. The first-order valence-electron chi connectivity index (χ1n) is 13.5. The number of hydrogen-bond donors (Lipinski definition) is 1. The molecule has 8 nitrogen and oxygen atoms in total. The molecule has 5 rings (SSSR count). The number of benzene rings is 3. The molecule has 0 radical (unpaired) electrons. The highest BCUT2D eigenvalue weighted by Gasteiger charge is 2.26. The van der Waals surface area contributed by atoms with Crippen LogP contribution in [0.3, 0.4) is 0 Å². The van der Waals surface area contributed by atoms with Gasteiger partial charge in [0.1, 0.15) is 6.54 Å². The zero-order valence-electron chi connectivity index (χ0n) is 22.9. The van der Waals surface area contributed by atoms with Gasteiger partial charge in [0, 0.05) is 26.2 Å². The van der Waals surface area contributed by atoms with Crippen molar-refractivity contribution in [3.05, 3.63) is 92.8 Å². The second-order valence-electron chi connectivity index (χ2n) is 10.3. The molecule has 1 N–H and O–H groups in total. The normalized spacial score (nSPS) is 14.2. The van der Waals surface area contributed by atoms with Crippen molar-refractivity contribution in [3.8, 4) is 11.1 Å². The van der Waals surface area contributed by atoms with E-state index in [4.69, 9.17) is 23.2 Å². The molecule has 0 saturated carbocycles. The summed E-state index contributed by atoms with van der Waals surface area (Å²) in [5, 5.41) is 3.44. The molecule has 3 aromatic carbocycles. The molecule has 0 spiro atoms. The number of likely N-dealkylation sites (tertiary alicyclic amines) is 1. The molecule has 2 heterocycles. The molecule has 1 saturated heterocycles. The van der Waals surface area contributed by atoms with E-state index >= 15 is 0 Å². The maximum atomic E-state index is 13.7. The molecule has 1 aliphatic heterocycles. The van der Waals surface area contributed by atoms with Crippen LogP contribution in [0.25, 0.3) is 22.2 Å². The third-order valence-corrected chi connectivity index (χ3v) is 8.21. The Balaban J connectivity index is 1.42. The number of likely N-dealkylation sites (N-methyl/N-ethyl adjacent to an activating group) is 1. The third kappa shape index (κ3) is 6.62. The first kappa shape index (κ1) is 28.8. The van der Waals surface area contributed by atoms with Crippen molar-refractivity contribution >= 4 is 51.7 Å². The molecule has 0 bridgehead atoms. The number of carbonyl (C=O) groups excluding carboxylic acids is 2. The van der Waals surface area contributed by atoms with Gasteiger partial charge in [-0.2, -0.15) is 0 Å². The Labute approximate surface area is 248 Å². The molecular formula is C31H31Cl2N5O3. The standard InChI is InChI=1S/C31H31Cl2N5O3/c1-20(39)35-24-7-5-6-23(14-24)21-8-10-22(11-9-21)29(18-37-12-3-4-13-37)36(2)31(41)19-38-28-16-26(33)25(32)15-27(28)34-17-30(38)40/h5-11,14-17,29H,3-4,12-13,18-19H2,1-2H3,(H,35,39). The molecule has 41 heavy (non-hydrogen) atoms. The minimum Gasteiger partial charge on any atom is -0.336 e. The number of hydrogen-bond acceptors (Lipinski definition) is 5. The fourth-order valence-corrected chi connectivity index (χ4v) is 5.60. The topological polar surface area (TPSA) is 87.5 Å². The lowest BCUT2D eigenvalue weighted by molar-refractivity contribution is -0.133. The average molecular weight is 593 g/mol. The van der Waals surface area contributed by atoms with Crippen molar-refractivity contribution < 1.29 is 9.59 Å². The van der Waals surface area contributed by atoms with Crippen molar-refractivity contribution in [3.63, 3.8) is 0 Å². The Morgan fingerprint density at radius 3 is 2.41 bits per heavy atom. The number of nitrogens with zero attached hydrogens (tertiary/aromatic N) is 4. The molecular weight excluding hydrogens is 561 g/mol. The number of rotatable bonds is 8. The van der Waals surface area contributed by atoms with Crippen LogP contribution in [0, 0.1) is 0 Å². The van der Waals surface area contributed by atoms with Gasteiger partial charge >= 0.3 is 0 Å². The van der Waals surface area contributed by atoms with E-state index in [2.05, 4.69) is 15.2 Å². The number of aromatic nitrogens is 2. The van der Waals surface area contributed by atoms with E-state index in [1.165, 1.54) is 17.7 Å². The number of fused-ring (bicyclic) bond motifs is 1. The molecule has 212 valence electrons. The van der Waals surface area contributed by atoms with Crippen LogP contribution >= 0.6 is 23.2 Å². The van der Waals surface area contributed by atoms with E-state index in [1.807, 2.05) is 48.5 Å². The van der Waals surface area contributed by atoms with Crippen LogP contribution in [0.4, 0.5) is 5.69 Å². The smallest absolute Gasteiger partial charge is 0.269 e. The SMILES string of the molecule is CC(=O)Nc1cccc(-c2ccc(C(CN3CCCC3)N(C)C(=O)Cn3c(=O)cnc4cc(Cl)c(Cl)cc43)cc2)c1. The lowest BCUT2D eigenvalue weighted by Gasteiger charge is -2.32. The lowest BCUT2D eigenvalue weighted by atomic mass is 9.99. The molecule has 1 fully saturated rings. The Morgan fingerprint density at radius 1 is 1.00 bits per heavy atom. The third-order valence-electron chi connectivity index (χ3n) is 7.48. The molecule has 2 amide bonds. The van der Waals surface area contributed by atoms with Gasteiger partial charge in [-0.25, -0.2) is 4.98 Å². The molecule has 4 aromatic rings. The van der Waals surface area contributed by atoms with E-state index in [0.29, 0.717) is 22.6 Å². The summed E-state index contributed by atoms with van der Waals surface area (Å²) >= 11 is 12.4. The van der Waals surface area contributed by atoms with Gasteiger partial charge in [-0.15, -0.1) is 0 Å². The summed E-state index contributed by atoms with van der Waals surface area (Å²) in [5.74, 6) is -0.328. The maximum Gasteiger partial charge on any atom is 0.269 e. The fraction of sp³-hybridized carbons (Fsp3) is 0.290. The van der Waals surface area contributed by atoms with Gasteiger partial charge in [0.05, 0.1) is 33.3 Å². The maximum absolute atomic E-state index is 13.7. The summed E-state index contributed by atoms with van der Waals surface area (Å²) in [6.45, 7) is 3.99. The molecule has 0 aliphatic carbocycles. The largest absolute Gasteiger partial charge is 0.336 e. The summed E-state index contributed by atoms with van der Waals surface area (Å²) in [6.07, 6.45) is 3.46. The first-order valence-corrected chi connectivity index (χ1v) is 14.3. The zero-order valence-corrected chi connectivity index (χ0v) is 24.5. The van der Waals surface area contributed by atoms with E-state index in [9.17, 15) is 14.4 Å². The second kappa shape index (κ2) is 12.4. The van der Waals surface area contributed by atoms with Crippen LogP contribution < -0.4 is 10.9 Å². The summed E-state index contributed by atoms with van der Waals surface area (Å²) in [6, 6.07) is 18.8. The summed E-state index contributed by atoms with van der Waals surface area (Å²) < 4.78 is 1.39. The Morgan fingerprint density at radius 2 is 1.71 bits per heavy atom. The minimum atomic E-state index is -0.389. The van der Waals surface area contributed by atoms with Crippen LogP contribution in [-0.4, -0.2) is 57.8 Å².